The molecule has 1 heterocycles. The fourth-order valence-corrected chi connectivity index (χ4v) is 2.76. The Labute approximate surface area is 149 Å². The van der Waals surface area contributed by atoms with E-state index >= 15 is 0 Å². The van der Waals surface area contributed by atoms with E-state index < -0.39 is 12.1 Å². The van der Waals surface area contributed by atoms with Crippen LogP contribution in [-0.2, 0) is 11.3 Å². The summed E-state index contributed by atoms with van der Waals surface area (Å²) in [4.78, 5) is 22.5. The third-order valence-corrected chi connectivity index (χ3v) is 4.08. The summed E-state index contributed by atoms with van der Waals surface area (Å²) in [7, 11) is 2.82. The number of carbonyl (C=O) groups excluding carboxylic acids is 1. The van der Waals surface area contributed by atoms with Crippen molar-refractivity contribution >= 4 is 28.7 Å². The first-order chi connectivity index (χ1) is 12.5. The molecule has 134 valence electrons. The highest BCUT2D eigenvalue weighted by Crippen LogP contribution is 2.25. The Morgan fingerprint density at radius 3 is 2.62 bits per heavy atom. The summed E-state index contributed by atoms with van der Waals surface area (Å²) in [5.74, 6) is -0.490. The molecular weight excluding hydrogens is 336 g/mol. The highest BCUT2D eigenvalue weighted by Gasteiger charge is 2.11. The molecule has 1 aromatic heterocycles. The lowest BCUT2D eigenvalue weighted by Crippen LogP contribution is -2.10. The second-order valence-electron chi connectivity index (χ2n) is 5.67. The van der Waals surface area contributed by atoms with E-state index in [9.17, 15) is 9.59 Å². The van der Waals surface area contributed by atoms with Crippen molar-refractivity contribution < 1.29 is 24.2 Å². The Morgan fingerprint density at radius 2 is 1.92 bits per heavy atom. The number of carbonyl (C=O) groups is 2. The van der Waals surface area contributed by atoms with Gasteiger partial charge in [0.1, 0.15) is 5.75 Å². The Balaban J connectivity index is 1.94. The summed E-state index contributed by atoms with van der Waals surface area (Å²) in [5.41, 5.74) is 2.56. The van der Waals surface area contributed by atoms with E-state index in [-0.39, 0.29) is 5.56 Å². The van der Waals surface area contributed by atoms with Gasteiger partial charge in [-0.3, -0.25) is 5.32 Å². The molecule has 7 heteroatoms. The third-order valence-electron chi connectivity index (χ3n) is 4.08. The van der Waals surface area contributed by atoms with Gasteiger partial charge in [-0.25, -0.2) is 9.59 Å². The van der Waals surface area contributed by atoms with Gasteiger partial charge in [-0.2, -0.15) is 0 Å². The molecule has 0 aliphatic heterocycles. The number of carboxylic acids is 1. The first-order valence-electron chi connectivity index (χ1n) is 7.86. The van der Waals surface area contributed by atoms with Gasteiger partial charge in [0.25, 0.3) is 0 Å². The van der Waals surface area contributed by atoms with Crippen LogP contribution in [0.3, 0.4) is 0 Å². The van der Waals surface area contributed by atoms with E-state index in [1.807, 2.05) is 29.0 Å². The van der Waals surface area contributed by atoms with Gasteiger partial charge in [-0.15, -0.1) is 0 Å². The fourth-order valence-electron chi connectivity index (χ4n) is 2.76. The normalized spacial score (nSPS) is 10.5. The SMILES string of the molecule is COC(=O)Nc1ccc2ccn(Cc3ccc(C(=O)O)cc3OC)c2c1. The summed E-state index contributed by atoms with van der Waals surface area (Å²) >= 11 is 0. The second-order valence-corrected chi connectivity index (χ2v) is 5.67. The van der Waals surface area contributed by atoms with Crippen LogP contribution in [-0.4, -0.2) is 36.0 Å². The second kappa shape index (κ2) is 7.18. The molecule has 2 N–H and O–H groups in total. The molecule has 0 bridgehead atoms. The maximum atomic E-state index is 11.4. The van der Waals surface area contributed by atoms with Crippen LogP contribution in [0.5, 0.6) is 5.75 Å². The lowest BCUT2D eigenvalue weighted by atomic mass is 10.1. The van der Waals surface area contributed by atoms with Crippen LogP contribution < -0.4 is 10.1 Å². The van der Waals surface area contributed by atoms with Crippen molar-refractivity contribution in [3.8, 4) is 5.75 Å². The zero-order valence-electron chi connectivity index (χ0n) is 14.4. The zero-order chi connectivity index (χ0) is 18.7. The number of methoxy groups -OCH3 is 2. The Hall–Kier alpha value is -3.48. The third kappa shape index (κ3) is 3.46. The number of hydrogen-bond donors (Lipinski definition) is 2. The average Bonchev–Trinajstić information content (AvgIpc) is 3.04. The van der Waals surface area contributed by atoms with Crippen LogP contribution in [0.25, 0.3) is 10.9 Å². The number of benzene rings is 2. The first kappa shape index (κ1) is 17.3. The molecule has 0 fully saturated rings. The summed E-state index contributed by atoms with van der Waals surface area (Å²) in [5, 5.41) is 12.8. The number of ether oxygens (including phenoxy) is 2. The largest absolute Gasteiger partial charge is 0.496 e. The summed E-state index contributed by atoms with van der Waals surface area (Å²) < 4.78 is 11.9. The number of carboxylic acid groups (broad SMARTS) is 1. The highest BCUT2D eigenvalue weighted by molar-refractivity contribution is 5.90. The minimum atomic E-state index is -1.00. The Bertz CT molecular complexity index is 977. The predicted octanol–water partition coefficient (Wildman–Crippen LogP) is 3.57. The van der Waals surface area contributed by atoms with Gasteiger partial charge in [0.15, 0.2) is 0 Å². The van der Waals surface area contributed by atoms with Gasteiger partial charge in [0.05, 0.1) is 31.8 Å². The molecule has 0 unspecified atom stereocenters. The maximum absolute atomic E-state index is 11.4. The van der Waals surface area contributed by atoms with E-state index in [1.54, 1.807) is 18.2 Å². The number of aromatic carboxylic acids is 1. The van der Waals surface area contributed by atoms with Gasteiger partial charge < -0.3 is 19.1 Å². The number of aromatic nitrogens is 1. The van der Waals surface area contributed by atoms with Gasteiger partial charge in [-0.05, 0) is 35.7 Å². The van der Waals surface area contributed by atoms with E-state index in [0.717, 1.165) is 16.5 Å². The van der Waals surface area contributed by atoms with E-state index in [1.165, 1.54) is 20.3 Å². The van der Waals surface area contributed by atoms with Crippen LogP contribution in [0.15, 0.2) is 48.7 Å². The lowest BCUT2D eigenvalue weighted by molar-refractivity contribution is 0.0696. The lowest BCUT2D eigenvalue weighted by Gasteiger charge is -2.12. The minimum absolute atomic E-state index is 0.174. The van der Waals surface area contributed by atoms with E-state index in [0.29, 0.717) is 18.0 Å². The molecule has 26 heavy (non-hydrogen) atoms. The van der Waals surface area contributed by atoms with Crippen molar-refractivity contribution in [1.82, 2.24) is 4.57 Å². The maximum Gasteiger partial charge on any atom is 0.411 e. The Morgan fingerprint density at radius 1 is 1.12 bits per heavy atom. The first-order valence-corrected chi connectivity index (χ1v) is 7.86. The van der Waals surface area contributed by atoms with Crippen LogP contribution in [0.4, 0.5) is 10.5 Å². The summed E-state index contributed by atoms with van der Waals surface area (Å²) in [6, 6.07) is 12.3. The quantitative estimate of drug-likeness (QED) is 0.731. The summed E-state index contributed by atoms with van der Waals surface area (Å²) in [6.45, 7) is 0.494. The topological polar surface area (TPSA) is 89.8 Å². The smallest absolute Gasteiger partial charge is 0.411 e. The number of amides is 1. The molecule has 7 nitrogen and oxygen atoms in total. The Kier molecular flexibility index (Phi) is 4.79. The van der Waals surface area contributed by atoms with Gasteiger partial charge >= 0.3 is 12.1 Å². The molecule has 3 rings (SSSR count). The standard InChI is InChI=1S/C19H18N2O5/c1-25-17-9-13(18(22)23)3-4-14(17)11-21-8-7-12-5-6-15(10-16(12)21)20-19(24)26-2/h3-10H,11H2,1-2H3,(H,20,24)(H,22,23). The minimum Gasteiger partial charge on any atom is -0.496 e. The molecular formula is C19H18N2O5. The predicted molar refractivity (Wildman–Crippen MR) is 97.0 cm³/mol. The molecule has 0 saturated carbocycles. The van der Waals surface area contributed by atoms with E-state index in [2.05, 4.69) is 10.1 Å². The summed E-state index contributed by atoms with van der Waals surface area (Å²) in [6.07, 6.45) is 1.39. The number of anilines is 1. The number of nitrogens with one attached hydrogen (secondary N) is 1. The zero-order valence-corrected chi connectivity index (χ0v) is 14.4. The molecule has 0 spiro atoms. The number of nitrogens with zero attached hydrogens (tertiary/aromatic N) is 1. The van der Waals surface area contributed by atoms with Crippen LogP contribution in [0, 0.1) is 0 Å². The van der Waals surface area contributed by atoms with Gasteiger partial charge in [0, 0.05) is 17.4 Å². The molecule has 0 aliphatic carbocycles. The van der Waals surface area contributed by atoms with Crippen LogP contribution in [0.1, 0.15) is 15.9 Å². The number of rotatable bonds is 5. The molecule has 3 aromatic rings. The molecule has 0 saturated heterocycles. The van der Waals surface area contributed by atoms with Crippen LogP contribution >= 0.6 is 0 Å². The molecule has 0 aliphatic rings. The van der Waals surface area contributed by atoms with Crippen molar-refractivity contribution in [3.05, 3.63) is 59.8 Å². The van der Waals surface area contributed by atoms with Gasteiger partial charge in [-0.1, -0.05) is 12.1 Å². The van der Waals surface area contributed by atoms with E-state index in [4.69, 9.17) is 9.84 Å². The molecule has 0 atom stereocenters. The van der Waals surface area contributed by atoms with Crippen molar-refractivity contribution in [2.75, 3.05) is 19.5 Å². The number of hydrogen-bond acceptors (Lipinski definition) is 4. The monoisotopic (exact) mass is 354 g/mol. The number of fused-ring (bicyclic) bond motifs is 1. The van der Waals surface area contributed by atoms with Crippen LogP contribution in [0.2, 0.25) is 0 Å². The highest BCUT2D eigenvalue weighted by atomic mass is 16.5. The van der Waals surface area contributed by atoms with Crippen molar-refractivity contribution in [1.29, 1.82) is 0 Å². The van der Waals surface area contributed by atoms with Crippen molar-refractivity contribution in [2.45, 2.75) is 6.54 Å². The molecule has 2 aromatic carbocycles. The fraction of sp³-hybridized carbons (Fsp3) is 0.158. The molecule has 1 amide bonds. The van der Waals surface area contributed by atoms with Crippen molar-refractivity contribution in [3.63, 3.8) is 0 Å². The molecule has 0 radical (unpaired) electrons. The van der Waals surface area contributed by atoms with Gasteiger partial charge in [0.2, 0.25) is 0 Å². The average molecular weight is 354 g/mol. The van der Waals surface area contributed by atoms with Crippen molar-refractivity contribution in [2.24, 2.45) is 0 Å².